The first-order valence-corrected chi connectivity index (χ1v) is 6.91. The van der Waals surface area contributed by atoms with Crippen LogP contribution in [0.25, 0.3) is 0 Å². The molecular weight excluding hydrogens is 210 g/mol. The molecule has 1 heterocycles. The van der Waals surface area contributed by atoms with Crippen LogP contribution >= 0.6 is 0 Å². The Bertz CT molecular complexity index is 392. The van der Waals surface area contributed by atoms with Crippen LogP contribution in [0.3, 0.4) is 0 Å². The Morgan fingerprint density at radius 2 is 1.71 bits per heavy atom. The first kappa shape index (κ1) is 11.1. The lowest BCUT2D eigenvalue weighted by atomic mass is 9.82. The predicted octanol–water partition coefficient (Wildman–Crippen LogP) is 3.47. The largest absolute Gasteiger partial charge is 0.507 e. The molecule has 0 aromatic heterocycles. The highest BCUT2D eigenvalue weighted by Gasteiger charge is 2.25. The van der Waals surface area contributed by atoms with E-state index in [1.54, 1.807) is 0 Å². The SMILES string of the molecule is Oc1c(C2CCCCC2)cccc1[C@@H]1CCN1. The summed E-state index contributed by atoms with van der Waals surface area (Å²) >= 11 is 0. The lowest BCUT2D eigenvalue weighted by Crippen LogP contribution is -2.35. The highest BCUT2D eigenvalue weighted by atomic mass is 16.3. The number of phenols is 1. The van der Waals surface area contributed by atoms with Crippen LogP contribution < -0.4 is 5.32 Å². The Morgan fingerprint density at radius 3 is 2.35 bits per heavy atom. The summed E-state index contributed by atoms with van der Waals surface area (Å²) in [5.74, 6) is 1.15. The van der Waals surface area contributed by atoms with Crippen molar-refractivity contribution in [2.75, 3.05) is 6.54 Å². The highest BCUT2D eigenvalue weighted by molar-refractivity contribution is 5.44. The lowest BCUT2D eigenvalue weighted by molar-refractivity contribution is 0.357. The highest BCUT2D eigenvalue weighted by Crippen LogP contribution is 2.41. The molecule has 2 heteroatoms. The van der Waals surface area contributed by atoms with Gasteiger partial charge in [-0.2, -0.15) is 0 Å². The molecule has 1 aliphatic heterocycles. The number of hydrogen-bond acceptors (Lipinski definition) is 2. The van der Waals surface area contributed by atoms with Crippen LogP contribution in [0.1, 0.15) is 61.6 Å². The summed E-state index contributed by atoms with van der Waals surface area (Å²) < 4.78 is 0. The molecule has 1 saturated carbocycles. The Kier molecular flexibility index (Phi) is 3.06. The van der Waals surface area contributed by atoms with E-state index in [0.717, 1.165) is 18.5 Å². The molecule has 2 N–H and O–H groups in total. The molecule has 1 aromatic rings. The zero-order valence-corrected chi connectivity index (χ0v) is 10.3. The van der Waals surface area contributed by atoms with E-state index in [2.05, 4.69) is 23.5 Å². The number of benzene rings is 1. The van der Waals surface area contributed by atoms with E-state index >= 15 is 0 Å². The summed E-state index contributed by atoms with van der Waals surface area (Å²) in [5.41, 5.74) is 2.30. The van der Waals surface area contributed by atoms with Crippen LogP contribution in [0.2, 0.25) is 0 Å². The van der Waals surface area contributed by atoms with Gasteiger partial charge in [-0.1, -0.05) is 37.5 Å². The smallest absolute Gasteiger partial charge is 0.123 e. The van der Waals surface area contributed by atoms with Gasteiger partial charge in [0, 0.05) is 11.6 Å². The van der Waals surface area contributed by atoms with Crippen molar-refractivity contribution in [2.45, 2.75) is 50.5 Å². The van der Waals surface area contributed by atoms with Crippen LogP contribution in [-0.2, 0) is 0 Å². The number of nitrogens with one attached hydrogen (secondary N) is 1. The van der Waals surface area contributed by atoms with Gasteiger partial charge < -0.3 is 10.4 Å². The molecule has 2 fully saturated rings. The van der Waals surface area contributed by atoms with E-state index in [4.69, 9.17) is 0 Å². The molecule has 1 aromatic carbocycles. The van der Waals surface area contributed by atoms with E-state index in [9.17, 15) is 5.11 Å². The first-order chi connectivity index (χ1) is 8.36. The van der Waals surface area contributed by atoms with E-state index in [1.807, 2.05) is 0 Å². The van der Waals surface area contributed by atoms with Gasteiger partial charge in [-0.15, -0.1) is 0 Å². The third-order valence-corrected chi connectivity index (χ3v) is 4.34. The molecule has 0 amide bonds. The summed E-state index contributed by atoms with van der Waals surface area (Å²) in [5, 5.41) is 13.8. The van der Waals surface area contributed by atoms with Crippen LogP contribution in [0, 0.1) is 0 Å². The molecule has 1 aliphatic carbocycles. The molecule has 0 bridgehead atoms. The summed E-state index contributed by atoms with van der Waals surface area (Å²) in [6.45, 7) is 1.08. The van der Waals surface area contributed by atoms with E-state index in [-0.39, 0.29) is 0 Å². The van der Waals surface area contributed by atoms with Gasteiger partial charge in [-0.25, -0.2) is 0 Å². The van der Waals surface area contributed by atoms with Crippen molar-refractivity contribution in [2.24, 2.45) is 0 Å². The Labute approximate surface area is 103 Å². The van der Waals surface area contributed by atoms with Crippen molar-refractivity contribution < 1.29 is 5.11 Å². The van der Waals surface area contributed by atoms with Crippen molar-refractivity contribution in [1.82, 2.24) is 5.32 Å². The Morgan fingerprint density at radius 1 is 1.00 bits per heavy atom. The molecule has 2 nitrogen and oxygen atoms in total. The molecule has 1 saturated heterocycles. The van der Waals surface area contributed by atoms with E-state index in [1.165, 1.54) is 37.7 Å². The molecule has 17 heavy (non-hydrogen) atoms. The molecule has 0 spiro atoms. The van der Waals surface area contributed by atoms with Crippen molar-refractivity contribution in [1.29, 1.82) is 0 Å². The zero-order chi connectivity index (χ0) is 11.7. The van der Waals surface area contributed by atoms with E-state index in [0.29, 0.717) is 17.7 Å². The molecular formula is C15H21NO. The minimum Gasteiger partial charge on any atom is -0.507 e. The minimum atomic E-state index is 0.388. The number of para-hydroxylation sites is 1. The summed E-state index contributed by atoms with van der Waals surface area (Å²) in [7, 11) is 0. The minimum absolute atomic E-state index is 0.388. The summed E-state index contributed by atoms with van der Waals surface area (Å²) in [6, 6.07) is 6.68. The zero-order valence-electron chi connectivity index (χ0n) is 10.3. The predicted molar refractivity (Wildman–Crippen MR) is 69.3 cm³/mol. The lowest BCUT2D eigenvalue weighted by Gasteiger charge is -2.30. The van der Waals surface area contributed by atoms with Gasteiger partial charge >= 0.3 is 0 Å². The molecule has 2 aliphatic rings. The van der Waals surface area contributed by atoms with Gasteiger partial charge in [0.05, 0.1) is 0 Å². The van der Waals surface area contributed by atoms with Gasteiger partial charge in [0.2, 0.25) is 0 Å². The fraction of sp³-hybridized carbons (Fsp3) is 0.600. The second kappa shape index (κ2) is 4.69. The maximum absolute atomic E-state index is 10.4. The summed E-state index contributed by atoms with van der Waals surface area (Å²) in [6.07, 6.45) is 7.64. The fourth-order valence-corrected chi connectivity index (χ4v) is 3.16. The van der Waals surface area contributed by atoms with Crippen LogP contribution in [-0.4, -0.2) is 11.7 Å². The Hall–Kier alpha value is -1.02. The molecule has 92 valence electrons. The monoisotopic (exact) mass is 231 g/mol. The van der Waals surface area contributed by atoms with E-state index < -0.39 is 0 Å². The third kappa shape index (κ3) is 2.06. The topological polar surface area (TPSA) is 32.3 Å². The van der Waals surface area contributed by atoms with Gasteiger partial charge in [-0.3, -0.25) is 0 Å². The number of phenolic OH excluding ortho intramolecular Hbond substituents is 1. The van der Waals surface area contributed by atoms with Crippen LogP contribution in [0.15, 0.2) is 18.2 Å². The third-order valence-electron chi connectivity index (χ3n) is 4.34. The van der Waals surface area contributed by atoms with Crippen molar-refractivity contribution >= 4 is 0 Å². The standard InChI is InChI=1S/C15H21NO/c17-15-12(11-5-2-1-3-6-11)7-4-8-13(15)14-9-10-16-14/h4,7-8,11,14,16-17H,1-3,5-6,9-10H2/t14-/m0/s1. The van der Waals surface area contributed by atoms with Crippen molar-refractivity contribution in [3.05, 3.63) is 29.3 Å². The number of aromatic hydroxyl groups is 1. The first-order valence-electron chi connectivity index (χ1n) is 6.91. The quantitative estimate of drug-likeness (QED) is 0.816. The van der Waals surface area contributed by atoms with Crippen molar-refractivity contribution in [3.63, 3.8) is 0 Å². The number of hydrogen-bond donors (Lipinski definition) is 2. The Balaban J connectivity index is 1.87. The van der Waals surface area contributed by atoms with Gasteiger partial charge in [-0.05, 0) is 37.3 Å². The normalized spacial score (nSPS) is 25.5. The van der Waals surface area contributed by atoms with Crippen LogP contribution in [0.5, 0.6) is 5.75 Å². The number of rotatable bonds is 2. The van der Waals surface area contributed by atoms with Gasteiger partial charge in [0.25, 0.3) is 0 Å². The van der Waals surface area contributed by atoms with Crippen LogP contribution in [0.4, 0.5) is 0 Å². The second-order valence-corrected chi connectivity index (χ2v) is 5.42. The maximum atomic E-state index is 10.4. The molecule has 3 rings (SSSR count). The summed E-state index contributed by atoms with van der Waals surface area (Å²) in [4.78, 5) is 0. The average Bonchev–Trinajstić information content (AvgIpc) is 2.31. The van der Waals surface area contributed by atoms with Crippen molar-refractivity contribution in [3.8, 4) is 5.75 Å². The fourth-order valence-electron chi connectivity index (χ4n) is 3.16. The second-order valence-electron chi connectivity index (χ2n) is 5.42. The van der Waals surface area contributed by atoms with Gasteiger partial charge in [0.1, 0.15) is 5.75 Å². The average molecular weight is 231 g/mol. The maximum Gasteiger partial charge on any atom is 0.123 e. The molecule has 0 unspecified atom stereocenters. The molecule has 0 radical (unpaired) electrons. The van der Waals surface area contributed by atoms with Gasteiger partial charge in [0.15, 0.2) is 0 Å². The molecule has 1 atom stereocenters.